The highest BCUT2D eigenvalue weighted by atomic mass is 32.2. The van der Waals surface area contributed by atoms with E-state index in [2.05, 4.69) is 0 Å². The van der Waals surface area contributed by atoms with Gasteiger partial charge in [-0.25, -0.2) is 4.39 Å². The number of anilines is 1. The highest BCUT2D eigenvalue weighted by Gasteiger charge is 2.37. The molecule has 2 fully saturated rings. The first-order valence-corrected chi connectivity index (χ1v) is 10.6. The van der Waals surface area contributed by atoms with Gasteiger partial charge in [0.15, 0.2) is 5.17 Å². The Labute approximate surface area is 168 Å². The molecule has 1 aromatic carbocycles. The molecule has 1 aliphatic carbocycles. The van der Waals surface area contributed by atoms with E-state index in [1.54, 1.807) is 11.8 Å². The molecule has 2 aliphatic rings. The number of hydrogen-bond acceptors (Lipinski definition) is 5. The van der Waals surface area contributed by atoms with E-state index in [-0.39, 0.29) is 17.3 Å². The molecule has 9 heteroatoms. The number of amidine groups is 1. The van der Waals surface area contributed by atoms with Crippen molar-refractivity contribution >= 4 is 34.2 Å². The van der Waals surface area contributed by atoms with Gasteiger partial charge in [-0.2, -0.15) is 0 Å². The molecular formula is C19H25FN4O3S. The van der Waals surface area contributed by atoms with Crippen LogP contribution in [0.2, 0.25) is 0 Å². The Balaban J connectivity index is 1.92. The van der Waals surface area contributed by atoms with Crippen LogP contribution >= 0.6 is 11.8 Å². The van der Waals surface area contributed by atoms with Crippen LogP contribution in [0.1, 0.15) is 46.0 Å². The van der Waals surface area contributed by atoms with Crippen LogP contribution in [0.3, 0.4) is 0 Å². The Morgan fingerprint density at radius 1 is 1.39 bits per heavy atom. The van der Waals surface area contributed by atoms with Gasteiger partial charge in [-0.05, 0) is 25.8 Å². The molecule has 0 bridgehead atoms. The highest BCUT2D eigenvalue weighted by molar-refractivity contribution is 8.14. The number of aliphatic imine (C=N–C) groups is 1. The number of non-ortho nitro benzene ring substituents is 1. The third kappa shape index (κ3) is 4.29. The van der Waals surface area contributed by atoms with E-state index >= 15 is 0 Å². The second-order valence-electron chi connectivity index (χ2n) is 7.06. The molecule has 28 heavy (non-hydrogen) atoms. The predicted octanol–water partition coefficient (Wildman–Crippen LogP) is 4.17. The van der Waals surface area contributed by atoms with Crippen molar-refractivity contribution in [3.05, 3.63) is 34.1 Å². The average Bonchev–Trinajstić information content (AvgIpc) is 3.06. The summed E-state index contributed by atoms with van der Waals surface area (Å²) in [5.41, 5.74) is -0.308. The molecule has 0 N–H and O–H groups in total. The number of halogens is 1. The Hall–Kier alpha value is -2.16. The molecule has 0 radical (unpaired) electrons. The van der Waals surface area contributed by atoms with E-state index in [9.17, 15) is 19.3 Å². The number of nitro groups is 1. The molecule has 7 nitrogen and oxygen atoms in total. The Bertz CT molecular complexity index is 782. The van der Waals surface area contributed by atoms with Crippen LogP contribution in [0.4, 0.5) is 15.8 Å². The lowest BCUT2D eigenvalue weighted by Gasteiger charge is -2.34. The third-order valence-electron chi connectivity index (χ3n) is 5.21. The molecule has 0 aromatic heterocycles. The van der Waals surface area contributed by atoms with Gasteiger partial charge in [0.05, 0.1) is 16.7 Å². The molecule has 0 spiro atoms. The van der Waals surface area contributed by atoms with E-state index in [1.807, 2.05) is 11.8 Å². The summed E-state index contributed by atoms with van der Waals surface area (Å²) in [6.45, 7) is 3.94. The molecule has 1 heterocycles. The van der Waals surface area contributed by atoms with Crippen molar-refractivity contribution in [3.63, 3.8) is 0 Å². The molecule has 1 saturated carbocycles. The highest BCUT2D eigenvalue weighted by Crippen LogP contribution is 2.34. The second-order valence-corrected chi connectivity index (χ2v) is 8.05. The number of carbonyl (C=O) groups excluding carboxylic acids is 1. The molecule has 1 unspecified atom stereocenters. The summed E-state index contributed by atoms with van der Waals surface area (Å²) in [7, 11) is 0. The second kappa shape index (κ2) is 8.89. The van der Waals surface area contributed by atoms with Crippen molar-refractivity contribution in [1.29, 1.82) is 0 Å². The van der Waals surface area contributed by atoms with E-state index in [4.69, 9.17) is 4.99 Å². The molecule has 1 atom stereocenters. The lowest BCUT2D eigenvalue weighted by Crippen LogP contribution is -2.50. The van der Waals surface area contributed by atoms with Crippen molar-refractivity contribution in [2.45, 2.75) is 58.2 Å². The van der Waals surface area contributed by atoms with E-state index in [0.717, 1.165) is 36.2 Å². The number of hydrogen-bond donors (Lipinski definition) is 0. The van der Waals surface area contributed by atoms with Gasteiger partial charge in [-0.15, -0.1) is 0 Å². The monoisotopic (exact) mass is 408 g/mol. The summed E-state index contributed by atoms with van der Waals surface area (Å²) >= 11 is 1.56. The van der Waals surface area contributed by atoms with E-state index in [1.165, 1.54) is 31.1 Å². The molecule has 1 aromatic rings. The Morgan fingerprint density at radius 2 is 2.11 bits per heavy atom. The molecular weight excluding hydrogens is 383 g/mol. The van der Waals surface area contributed by atoms with Crippen molar-refractivity contribution in [3.8, 4) is 0 Å². The maximum atomic E-state index is 14.5. The number of carbonyl (C=O) groups is 1. The van der Waals surface area contributed by atoms with Crippen molar-refractivity contribution in [2.24, 2.45) is 4.99 Å². The van der Waals surface area contributed by atoms with Crippen molar-refractivity contribution in [1.82, 2.24) is 4.90 Å². The van der Waals surface area contributed by atoms with Crippen LogP contribution in [-0.4, -0.2) is 45.4 Å². The summed E-state index contributed by atoms with van der Waals surface area (Å²) in [6.07, 6.45) is 5.33. The molecule has 152 valence electrons. The molecule has 1 amide bonds. The van der Waals surface area contributed by atoms with E-state index in [0.29, 0.717) is 18.3 Å². The predicted molar refractivity (Wildman–Crippen MR) is 109 cm³/mol. The minimum atomic E-state index is -0.653. The molecule has 1 aliphatic heterocycles. The minimum absolute atomic E-state index is 0.0651. The van der Waals surface area contributed by atoms with Gasteiger partial charge in [0.25, 0.3) is 5.69 Å². The van der Waals surface area contributed by atoms with Gasteiger partial charge in [-0.1, -0.05) is 31.0 Å². The van der Waals surface area contributed by atoms with Crippen LogP contribution < -0.4 is 4.90 Å². The minimum Gasteiger partial charge on any atom is -0.330 e. The average molecular weight is 408 g/mol. The van der Waals surface area contributed by atoms with Gasteiger partial charge in [0.2, 0.25) is 5.91 Å². The number of nitro benzene ring substituents is 1. The maximum Gasteiger partial charge on any atom is 0.271 e. The number of amides is 1. The summed E-state index contributed by atoms with van der Waals surface area (Å²) in [4.78, 5) is 31.2. The first kappa shape index (κ1) is 20.6. The summed E-state index contributed by atoms with van der Waals surface area (Å²) in [5, 5.41) is 12.0. The van der Waals surface area contributed by atoms with Crippen LogP contribution in [0.15, 0.2) is 23.2 Å². The van der Waals surface area contributed by atoms with Crippen LogP contribution in [0, 0.1) is 15.9 Å². The van der Waals surface area contributed by atoms with Gasteiger partial charge >= 0.3 is 0 Å². The molecule has 3 rings (SSSR count). The topological polar surface area (TPSA) is 79.0 Å². The standard InChI is InChI=1S/C19H25FN4O3S/c1-3-22-18(12-28-19(22)21-14-7-5-4-6-8-14)23(13(2)25)17-11-15(24(26)27)9-10-16(17)20/h9-11,14,18H,3-8,12H2,1-2H3. The lowest BCUT2D eigenvalue weighted by atomic mass is 9.96. The first-order chi connectivity index (χ1) is 13.4. The van der Waals surface area contributed by atoms with Crippen LogP contribution in [0.25, 0.3) is 0 Å². The first-order valence-electron chi connectivity index (χ1n) is 9.63. The third-order valence-corrected chi connectivity index (χ3v) is 6.28. The van der Waals surface area contributed by atoms with Gasteiger partial charge in [0, 0.05) is 31.4 Å². The van der Waals surface area contributed by atoms with Gasteiger partial charge < -0.3 is 4.90 Å². The van der Waals surface area contributed by atoms with Crippen LogP contribution in [0.5, 0.6) is 0 Å². The Morgan fingerprint density at radius 3 is 2.71 bits per heavy atom. The Kier molecular flexibility index (Phi) is 6.53. The number of thioether (sulfide) groups is 1. The largest absolute Gasteiger partial charge is 0.330 e. The van der Waals surface area contributed by atoms with Gasteiger partial charge in [-0.3, -0.25) is 24.8 Å². The zero-order valence-electron chi connectivity index (χ0n) is 16.1. The normalized spacial score (nSPS) is 21.9. The maximum absolute atomic E-state index is 14.5. The fraction of sp³-hybridized carbons (Fsp3) is 0.579. The van der Waals surface area contributed by atoms with Crippen molar-refractivity contribution < 1.29 is 14.1 Å². The zero-order chi connectivity index (χ0) is 20.3. The smallest absolute Gasteiger partial charge is 0.271 e. The van der Waals surface area contributed by atoms with Gasteiger partial charge in [0.1, 0.15) is 12.0 Å². The summed E-state index contributed by atoms with van der Waals surface area (Å²) in [6, 6.07) is 3.57. The van der Waals surface area contributed by atoms with Crippen molar-refractivity contribution in [2.75, 3.05) is 17.2 Å². The fourth-order valence-corrected chi connectivity index (χ4v) is 5.09. The number of benzene rings is 1. The molecule has 1 saturated heterocycles. The summed E-state index contributed by atoms with van der Waals surface area (Å²) in [5.74, 6) is -0.469. The SMILES string of the molecule is CCN1C(=NC2CCCCC2)SCC1N(C(C)=O)c1cc([N+](=O)[O-])ccc1F. The zero-order valence-corrected chi connectivity index (χ0v) is 17.0. The lowest BCUT2D eigenvalue weighted by molar-refractivity contribution is -0.384. The number of nitrogens with zero attached hydrogens (tertiary/aromatic N) is 4. The summed E-state index contributed by atoms with van der Waals surface area (Å²) < 4.78 is 14.5. The van der Waals surface area contributed by atoms with E-state index < -0.39 is 16.9 Å². The fourth-order valence-electron chi connectivity index (χ4n) is 3.83. The quantitative estimate of drug-likeness (QED) is 0.540. The van der Waals surface area contributed by atoms with Crippen LogP contribution in [-0.2, 0) is 4.79 Å². The number of rotatable bonds is 5.